The molecule has 0 radical (unpaired) electrons. The minimum absolute atomic E-state index is 0.0135. The number of hydrogen-bond acceptors (Lipinski definition) is 4. The van der Waals surface area contributed by atoms with Crippen molar-refractivity contribution in [2.24, 2.45) is 0 Å². The number of para-hydroxylation sites is 1. The Morgan fingerprint density at radius 1 is 0.800 bits per heavy atom. The van der Waals surface area contributed by atoms with Crippen LogP contribution in [0.5, 0.6) is 0 Å². The van der Waals surface area contributed by atoms with Crippen LogP contribution in [-0.4, -0.2) is 33.0 Å². The number of nitrogens with one attached hydrogen (secondary N) is 1. The lowest BCUT2D eigenvalue weighted by Gasteiger charge is -2.14. The van der Waals surface area contributed by atoms with Gasteiger partial charge < -0.3 is 15.5 Å². The molecule has 0 saturated heterocycles. The number of fused-ring (bicyclic) bond motifs is 2. The van der Waals surface area contributed by atoms with Gasteiger partial charge in [-0.25, -0.2) is 14.6 Å². The third-order valence-corrected chi connectivity index (χ3v) is 4.97. The molecule has 0 aliphatic carbocycles. The maximum atomic E-state index is 12.8. The fourth-order valence-electron chi connectivity index (χ4n) is 3.57. The van der Waals surface area contributed by atoms with Crippen molar-refractivity contribution < 1.29 is 24.6 Å². The lowest BCUT2D eigenvalue weighted by Crippen LogP contribution is -2.17. The summed E-state index contributed by atoms with van der Waals surface area (Å²) in [6.07, 6.45) is 0. The number of carbonyl (C=O) groups excluding carboxylic acids is 1. The second kappa shape index (κ2) is 7.29. The number of rotatable bonds is 4. The number of benzene rings is 3. The van der Waals surface area contributed by atoms with Gasteiger partial charge in [-0.1, -0.05) is 30.3 Å². The third-order valence-electron chi connectivity index (χ3n) is 4.97. The second-order valence-corrected chi connectivity index (χ2v) is 6.75. The van der Waals surface area contributed by atoms with Gasteiger partial charge in [0.05, 0.1) is 27.7 Å². The Kier molecular flexibility index (Phi) is 4.63. The molecule has 148 valence electrons. The molecule has 3 aromatic carbocycles. The van der Waals surface area contributed by atoms with Gasteiger partial charge in [-0.3, -0.25) is 4.79 Å². The Bertz CT molecular complexity index is 1360. The van der Waals surface area contributed by atoms with Crippen molar-refractivity contribution in [3.63, 3.8) is 0 Å². The van der Waals surface area contributed by atoms with Crippen molar-refractivity contribution in [3.8, 4) is 0 Å². The van der Waals surface area contributed by atoms with E-state index < -0.39 is 17.8 Å². The largest absolute Gasteiger partial charge is 0.478 e. The molecule has 0 unspecified atom stereocenters. The van der Waals surface area contributed by atoms with Crippen LogP contribution in [0.2, 0.25) is 0 Å². The van der Waals surface area contributed by atoms with Gasteiger partial charge in [0.15, 0.2) is 0 Å². The van der Waals surface area contributed by atoms with Gasteiger partial charge in [0.25, 0.3) is 5.91 Å². The van der Waals surface area contributed by atoms with Crippen LogP contribution in [0.1, 0.15) is 36.6 Å². The van der Waals surface area contributed by atoms with E-state index in [1.807, 2.05) is 0 Å². The summed E-state index contributed by atoms with van der Waals surface area (Å²) in [5, 5.41) is 22.8. The van der Waals surface area contributed by atoms with Crippen molar-refractivity contribution in [2.75, 3.05) is 5.32 Å². The fourth-order valence-corrected chi connectivity index (χ4v) is 3.57. The summed E-state index contributed by atoms with van der Waals surface area (Å²) in [7, 11) is 0. The lowest BCUT2D eigenvalue weighted by molar-refractivity contribution is 0.0686. The molecule has 0 bridgehead atoms. The molecule has 1 heterocycles. The molecule has 0 atom stereocenters. The Hall–Kier alpha value is -4.26. The molecule has 7 nitrogen and oxygen atoms in total. The average molecular weight is 400 g/mol. The average Bonchev–Trinajstić information content (AvgIpc) is 2.74. The molecule has 0 fully saturated rings. The van der Waals surface area contributed by atoms with Gasteiger partial charge in [-0.05, 0) is 42.8 Å². The molecule has 3 N–H and O–H groups in total. The molecular formula is C23H16N2O5. The molecule has 7 heteroatoms. The normalized spacial score (nSPS) is 10.8. The zero-order valence-corrected chi connectivity index (χ0v) is 15.8. The highest BCUT2D eigenvalue weighted by molar-refractivity contribution is 6.17. The van der Waals surface area contributed by atoms with Crippen LogP contribution in [0.25, 0.3) is 21.8 Å². The van der Waals surface area contributed by atoms with Crippen LogP contribution >= 0.6 is 0 Å². The van der Waals surface area contributed by atoms with E-state index in [2.05, 4.69) is 10.3 Å². The highest BCUT2D eigenvalue weighted by Crippen LogP contribution is 2.32. The SMILES string of the molecule is Cc1c(NC(=O)c2ccccc2C(=O)O)ccc2nc3ccccc3c(C(=O)O)c12. The highest BCUT2D eigenvalue weighted by atomic mass is 16.4. The predicted molar refractivity (Wildman–Crippen MR) is 112 cm³/mol. The van der Waals surface area contributed by atoms with Crippen LogP contribution in [0.3, 0.4) is 0 Å². The quantitative estimate of drug-likeness (QED) is 0.439. The Morgan fingerprint density at radius 3 is 2.17 bits per heavy atom. The Balaban J connectivity index is 1.88. The minimum Gasteiger partial charge on any atom is -0.478 e. The van der Waals surface area contributed by atoms with E-state index in [9.17, 15) is 24.6 Å². The lowest BCUT2D eigenvalue weighted by atomic mass is 9.97. The van der Waals surface area contributed by atoms with Gasteiger partial charge in [0, 0.05) is 16.5 Å². The molecular weight excluding hydrogens is 384 g/mol. The first-order valence-electron chi connectivity index (χ1n) is 9.07. The fraction of sp³-hybridized carbons (Fsp3) is 0.0435. The molecule has 30 heavy (non-hydrogen) atoms. The van der Waals surface area contributed by atoms with Crippen molar-refractivity contribution in [1.29, 1.82) is 0 Å². The molecule has 1 aromatic heterocycles. The van der Waals surface area contributed by atoms with E-state index in [4.69, 9.17) is 0 Å². The van der Waals surface area contributed by atoms with E-state index >= 15 is 0 Å². The van der Waals surface area contributed by atoms with Crippen LogP contribution < -0.4 is 5.32 Å². The summed E-state index contributed by atoms with van der Waals surface area (Å²) in [4.78, 5) is 40.8. The predicted octanol–water partition coefficient (Wildman–Crippen LogP) is 4.35. The minimum atomic E-state index is -1.21. The van der Waals surface area contributed by atoms with Crippen molar-refractivity contribution in [1.82, 2.24) is 4.98 Å². The molecule has 0 aliphatic heterocycles. The summed E-state index contributed by atoms with van der Waals surface area (Å²) in [6, 6.07) is 16.1. The van der Waals surface area contributed by atoms with E-state index in [0.29, 0.717) is 33.1 Å². The number of nitrogens with zero attached hydrogens (tertiary/aromatic N) is 1. The number of aromatic nitrogens is 1. The number of carboxylic acids is 2. The van der Waals surface area contributed by atoms with Crippen molar-refractivity contribution >= 4 is 45.3 Å². The molecule has 0 aliphatic rings. The van der Waals surface area contributed by atoms with Crippen LogP contribution in [-0.2, 0) is 0 Å². The van der Waals surface area contributed by atoms with Crippen molar-refractivity contribution in [2.45, 2.75) is 6.92 Å². The number of amides is 1. The summed E-state index contributed by atoms with van der Waals surface area (Å²) >= 11 is 0. The van der Waals surface area contributed by atoms with E-state index in [1.165, 1.54) is 18.2 Å². The number of carboxylic acid groups (broad SMARTS) is 2. The molecule has 4 aromatic rings. The molecule has 1 amide bonds. The van der Waals surface area contributed by atoms with E-state index in [1.54, 1.807) is 49.4 Å². The summed E-state index contributed by atoms with van der Waals surface area (Å²) in [5.41, 5.74) is 1.97. The molecule has 4 rings (SSSR count). The molecule has 0 spiro atoms. The summed E-state index contributed by atoms with van der Waals surface area (Å²) in [5.74, 6) is -2.90. The van der Waals surface area contributed by atoms with Crippen molar-refractivity contribution in [3.05, 3.63) is 82.9 Å². The van der Waals surface area contributed by atoms with Crippen LogP contribution in [0, 0.1) is 6.92 Å². The zero-order chi connectivity index (χ0) is 21.4. The van der Waals surface area contributed by atoms with Gasteiger partial charge >= 0.3 is 11.9 Å². The zero-order valence-electron chi connectivity index (χ0n) is 15.8. The van der Waals surface area contributed by atoms with Gasteiger partial charge in [-0.2, -0.15) is 0 Å². The number of aromatic carboxylic acids is 2. The van der Waals surface area contributed by atoms with Gasteiger partial charge in [0.1, 0.15) is 0 Å². The topological polar surface area (TPSA) is 117 Å². The smallest absolute Gasteiger partial charge is 0.337 e. The standard InChI is InChI=1S/C23H16N2O5/c1-12-16(25-21(26)13-6-2-3-7-14(13)22(27)28)10-11-18-19(12)20(23(29)30)15-8-4-5-9-17(15)24-18/h2-11H,1H3,(H,25,26)(H,27,28)(H,29,30). The van der Waals surface area contributed by atoms with Crippen LogP contribution in [0.4, 0.5) is 5.69 Å². The first kappa shape index (κ1) is 19.1. The van der Waals surface area contributed by atoms with Crippen LogP contribution in [0.15, 0.2) is 60.7 Å². The first-order chi connectivity index (χ1) is 14.4. The number of aryl methyl sites for hydroxylation is 1. The maximum absolute atomic E-state index is 12.8. The van der Waals surface area contributed by atoms with E-state index in [0.717, 1.165) is 0 Å². The number of carbonyl (C=O) groups is 3. The number of pyridine rings is 1. The summed E-state index contributed by atoms with van der Waals surface area (Å²) in [6.45, 7) is 1.70. The third kappa shape index (κ3) is 3.12. The summed E-state index contributed by atoms with van der Waals surface area (Å²) < 4.78 is 0. The Morgan fingerprint density at radius 2 is 1.47 bits per heavy atom. The second-order valence-electron chi connectivity index (χ2n) is 6.75. The molecule has 0 saturated carbocycles. The highest BCUT2D eigenvalue weighted by Gasteiger charge is 2.20. The first-order valence-corrected chi connectivity index (χ1v) is 9.07. The maximum Gasteiger partial charge on any atom is 0.337 e. The monoisotopic (exact) mass is 400 g/mol. The van der Waals surface area contributed by atoms with Gasteiger partial charge in [-0.15, -0.1) is 0 Å². The number of hydrogen-bond donors (Lipinski definition) is 3. The van der Waals surface area contributed by atoms with Gasteiger partial charge in [0.2, 0.25) is 0 Å². The number of anilines is 1. The Labute approximate surface area is 170 Å². The van der Waals surface area contributed by atoms with E-state index in [-0.39, 0.29) is 16.7 Å².